The molecule has 0 aliphatic carbocycles. The van der Waals surface area contributed by atoms with Crippen LogP contribution in [-0.2, 0) is 15.8 Å². The number of carbonyl (C=O) groups is 3. The lowest BCUT2D eigenvalue weighted by atomic mass is 10.0. The van der Waals surface area contributed by atoms with E-state index in [0.717, 1.165) is 53.4 Å². The van der Waals surface area contributed by atoms with Crippen LogP contribution in [0, 0.1) is 11.6 Å². The zero-order valence-electron chi connectivity index (χ0n) is 19.3. The number of thiophene rings is 1. The van der Waals surface area contributed by atoms with E-state index in [1.54, 1.807) is 11.4 Å². The number of carboxylic acid groups (broad SMARTS) is 1. The summed E-state index contributed by atoms with van der Waals surface area (Å²) in [6, 6.07) is 7.27. The summed E-state index contributed by atoms with van der Waals surface area (Å²) in [5, 5.41) is 12.8. The van der Waals surface area contributed by atoms with Gasteiger partial charge in [0.15, 0.2) is 0 Å². The molecule has 39 heavy (non-hydrogen) atoms. The van der Waals surface area contributed by atoms with E-state index < -0.39 is 41.2 Å². The van der Waals surface area contributed by atoms with Crippen LogP contribution in [0.25, 0.3) is 17.2 Å². The molecule has 0 radical (unpaired) electrons. The smallest absolute Gasteiger partial charge is 0.419 e. The van der Waals surface area contributed by atoms with Crippen LogP contribution in [0.4, 0.5) is 27.6 Å². The summed E-state index contributed by atoms with van der Waals surface area (Å²) >= 11 is 7.38. The Kier molecular flexibility index (Phi) is 8.18. The van der Waals surface area contributed by atoms with Gasteiger partial charge in [0.1, 0.15) is 16.0 Å². The molecule has 14 heteroatoms. The van der Waals surface area contributed by atoms with Gasteiger partial charge in [-0.05, 0) is 59.0 Å². The fourth-order valence-electron chi connectivity index (χ4n) is 3.50. The Labute approximate surface area is 231 Å². The minimum absolute atomic E-state index is 0.103. The SMILES string of the molecule is O=C(CCN1C(=O)C(=Cc2cc(-c3ccc(F)c(C(F)(F)F)c3)cs2)SC1=S)Nc1ccc(C(=O)O)cc1F. The van der Waals surface area contributed by atoms with Gasteiger partial charge in [-0.25, -0.2) is 13.6 Å². The maximum Gasteiger partial charge on any atom is 0.419 e. The number of aromatic carboxylic acids is 1. The van der Waals surface area contributed by atoms with Gasteiger partial charge >= 0.3 is 12.1 Å². The van der Waals surface area contributed by atoms with Gasteiger partial charge < -0.3 is 10.4 Å². The lowest BCUT2D eigenvalue weighted by Crippen LogP contribution is -2.31. The first-order valence-electron chi connectivity index (χ1n) is 10.9. The van der Waals surface area contributed by atoms with Crippen LogP contribution < -0.4 is 5.32 Å². The standard InChI is InChI=1S/C25H15F5N2O4S3/c26-17-3-1-12(8-16(17)25(28,29)30)14-7-15(38-11-14)10-20-22(34)32(24(37)39-20)6-5-21(33)31-19-4-2-13(23(35)36)9-18(19)27/h1-4,7-11H,5-6H2,(H,31,33)(H,35,36). The monoisotopic (exact) mass is 598 g/mol. The molecule has 6 nitrogen and oxygen atoms in total. The van der Waals surface area contributed by atoms with E-state index in [9.17, 15) is 36.3 Å². The van der Waals surface area contributed by atoms with Crippen molar-refractivity contribution in [1.29, 1.82) is 0 Å². The van der Waals surface area contributed by atoms with Crippen molar-refractivity contribution < 1.29 is 41.4 Å². The summed E-state index contributed by atoms with van der Waals surface area (Å²) in [6.07, 6.45) is -3.56. The quantitative estimate of drug-likeness (QED) is 0.180. The minimum Gasteiger partial charge on any atom is -0.478 e. The summed E-state index contributed by atoms with van der Waals surface area (Å²) in [6.45, 7) is -0.103. The zero-order chi connectivity index (χ0) is 28.5. The van der Waals surface area contributed by atoms with Gasteiger partial charge in [0.25, 0.3) is 5.91 Å². The van der Waals surface area contributed by atoms with E-state index in [1.165, 1.54) is 17.0 Å². The molecule has 1 aliphatic heterocycles. The highest BCUT2D eigenvalue weighted by molar-refractivity contribution is 8.26. The normalized spacial score (nSPS) is 14.8. The number of benzene rings is 2. The Hall–Kier alpha value is -3.62. The average molecular weight is 599 g/mol. The summed E-state index contributed by atoms with van der Waals surface area (Å²) in [7, 11) is 0. The van der Waals surface area contributed by atoms with Gasteiger partial charge in [0.05, 0.1) is 21.7 Å². The molecule has 3 aromatic rings. The van der Waals surface area contributed by atoms with Crippen molar-refractivity contribution >= 4 is 69.2 Å². The Balaban J connectivity index is 1.41. The Bertz CT molecular complexity index is 1530. The lowest BCUT2D eigenvalue weighted by Gasteiger charge is -2.14. The highest BCUT2D eigenvalue weighted by atomic mass is 32.2. The Morgan fingerprint density at radius 2 is 1.79 bits per heavy atom. The molecule has 2 heterocycles. The molecule has 0 spiro atoms. The van der Waals surface area contributed by atoms with Crippen molar-refractivity contribution in [3.8, 4) is 11.1 Å². The van der Waals surface area contributed by atoms with E-state index >= 15 is 0 Å². The number of rotatable bonds is 7. The number of amides is 2. The molecular formula is C25H15F5N2O4S3. The number of hydrogen-bond acceptors (Lipinski definition) is 6. The molecule has 4 rings (SSSR count). The zero-order valence-corrected chi connectivity index (χ0v) is 21.8. The van der Waals surface area contributed by atoms with E-state index in [4.69, 9.17) is 17.3 Å². The van der Waals surface area contributed by atoms with Crippen molar-refractivity contribution in [3.63, 3.8) is 0 Å². The predicted molar refractivity (Wildman–Crippen MR) is 141 cm³/mol. The fourth-order valence-corrected chi connectivity index (χ4v) is 5.72. The first-order chi connectivity index (χ1) is 18.3. The molecule has 0 atom stereocenters. The summed E-state index contributed by atoms with van der Waals surface area (Å²) in [5.74, 6) is -4.73. The molecule has 1 saturated heterocycles. The molecular weight excluding hydrogens is 583 g/mol. The third-order valence-corrected chi connectivity index (χ3v) is 7.68. The molecule has 0 bridgehead atoms. The van der Waals surface area contributed by atoms with Crippen LogP contribution >= 0.6 is 35.3 Å². The van der Waals surface area contributed by atoms with Gasteiger partial charge in [-0.3, -0.25) is 14.5 Å². The fraction of sp³-hybridized carbons (Fsp3) is 0.120. The number of carbonyl (C=O) groups excluding carboxylic acids is 2. The highest BCUT2D eigenvalue weighted by Gasteiger charge is 2.35. The van der Waals surface area contributed by atoms with Gasteiger partial charge in [-0.1, -0.05) is 30.0 Å². The summed E-state index contributed by atoms with van der Waals surface area (Å²) in [4.78, 5) is 38.0. The number of halogens is 5. The average Bonchev–Trinajstić information content (AvgIpc) is 3.42. The second-order valence-electron chi connectivity index (χ2n) is 8.06. The number of anilines is 1. The van der Waals surface area contributed by atoms with Crippen molar-refractivity contribution in [2.75, 3.05) is 11.9 Å². The van der Waals surface area contributed by atoms with Gasteiger partial charge in [0.2, 0.25) is 5.91 Å². The van der Waals surface area contributed by atoms with Crippen molar-refractivity contribution in [2.24, 2.45) is 0 Å². The summed E-state index contributed by atoms with van der Waals surface area (Å²) < 4.78 is 67.0. The number of hydrogen-bond donors (Lipinski definition) is 2. The topological polar surface area (TPSA) is 86.7 Å². The van der Waals surface area contributed by atoms with Gasteiger partial charge in [0, 0.05) is 17.8 Å². The number of thiocarbonyl (C=S) groups is 1. The molecule has 2 amide bonds. The first kappa shape index (κ1) is 28.4. The van der Waals surface area contributed by atoms with Crippen LogP contribution in [0.3, 0.4) is 0 Å². The third-order valence-electron chi connectivity index (χ3n) is 5.42. The number of carboxylic acids is 1. The Morgan fingerprint density at radius 1 is 1.05 bits per heavy atom. The number of thioether (sulfide) groups is 1. The van der Waals surface area contributed by atoms with Crippen LogP contribution in [0.15, 0.2) is 52.7 Å². The first-order valence-corrected chi connectivity index (χ1v) is 13.0. The van der Waals surface area contributed by atoms with Crippen LogP contribution in [0.1, 0.15) is 27.2 Å². The predicted octanol–water partition coefficient (Wildman–Crippen LogP) is 6.64. The number of nitrogens with one attached hydrogen (secondary N) is 1. The second kappa shape index (κ2) is 11.2. The van der Waals surface area contributed by atoms with E-state index in [2.05, 4.69) is 5.32 Å². The van der Waals surface area contributed by atoms with Crippen LogP contribution in [0.2, 0.25) is 0 Å². The van der Waals surface area contributed by atoms with Gasteiger partial charge in [-0.15, -0.1) is 11.3 Å². The van der Waals surface area contributed by atoms with Crippen LogP contribution in [-0.4, -0.2) is 38.7 Å². The largest absolute Gasteiger partial charge is 0.478 e. The maximum atomic E-state index is 14.1. The second-order valence-corrected chi connectivity index (χ2v) is 10.7. The molecule has 1 aromatic heterocycles. The molecule has 0 saturated carbocycles. The summed E-state index contributed by atoms with van der Waals surface area (Å²) in [5.41, 5.74) is -1.30. The van der Waals surface area contributed by atoms with E-state index in [-0.39, 0.29) is 39.0 Å². The highest BCUT2D eigenvalue weighted by Crippen LogP contribution is 2.37. The molecule has 202 valence electrons. The molecule has 1 aliphatic rings. The molecule has 0 unspecified atom stereocenters. The maximum absolute atomic E-state index is 14.1. The van der Waals surface area contributed by atoms with Crippen molar-refractivity contribution in [2.45, 2.75) is 12.6 Å². The number of alkyl halides is 3. The van der Waals surface area contributed by atoms with E-state index in [0.29, 0.717) is 10.4 Å². The Morgan fingerprint density at radius 3 is 2.46 bits per heavy atom. The van der Waals surface area contributed by atoms with E-state index in [1.807, 2.05) is 0 Å². The molecule has 2 aromatic carbocycles. The number of nitrogens with zero attached hydrogens (tertiary/aromatic N) is 1. The lowest BCUT2D eigenvalue weighted by molar-refractivity contribution is -0.140. The molecule has 1 fully saturated rings. The van der Waals surface area contributed by atoms with Crippen molar-refractivity contribution in [3.05, 3.63) is 80.4 Å². The van der Waals surface area contributed by atoms with Crippen molar-refractivity contribution in [1.82, 2.24) is 4.90 Å². The van der Waals surface area contributed by atoms with Gasteiger partial charge in [-0.2, -0.15) is 13.2 Å². The van der Waals surface area contributed by atoms with Crippen LogP contribution in [0.5, 0.6) is 0 Å². The third kappa shape index (κ3) is 6.52. The molecule has 2 N–H and O–H groups in total. The minimum atomic E-state index is -4.84.